The minimum Gasteiger partial charge on any atom is -0.198 e. The number of hydrogen-bond donors (Lipinski definition) is 0. The smallest absolute Gasteiger partial charge is 0.0991 e. The van der Waals surface area contributed by atoms with Crippen LogP contribution in [-0.2, 0) is 6.42 Å². The maximum Gasteiger partial charge on any atom is 0.0991 e. The van der Waals surface area contributed by atoms with Crippen molar-refractivity contribution in [2.24, 2.45) is 0 Å². The van der Waals surface area contributed by atoms with E-state index < -0.39 is 0 Å². The van der Waals surface area contributed by atoms with Gasteiger partial charge in [-0.05, 0) is 29.7 Å². The fraction of sp³-hybridized carbons (Fsp3) is 0.125. The van der Waals surface area contributed by atoms with E-state index in [1.165, 1.54) is 0 Å². The molecule has 0 N–H and O–H groups in total. The molecule has 1 unspecified atom stereocenters. The van der Waals surface area contributed by atoms with Crippen LogP contribution in [0, 0.1) is 22.7 Å². The van der Waals surface area contributed by atoms with E-state index in [0.29, 0.717) is 12.0 Å². The van der Waals surface area contributed by atoms with E-state index in [2.05, 4.69) is 12.1 Å². The molecule has 0 aliphatic heterocycles. The van der Waals surface area contributed by atoms with Crippen molar-refractivity contribution >= 4 is 0 Å². The van der Waals surface area contributed by atoms with Crippen molar-refractivity contribution in [2.45, 2.75) is 12.3 Å². The lowest BCUT2D eigenvalue weighted by Crippen LogP contribution is -2.00. The maximum atomic E-state index is 9.25. The normalized spacial score (nSPS) is 11.2. The molecule has 0 aliphatic carbocycles. The third-order valence-electron chi connectivity index (χ3n) is 2.85. The van der Waals surface area contributed by atoms with E-state index in [4.69, 9.17) is 5.26 Å². The van der Waals surface area contributed by atoms with Crippen molar-refractivity contribution in [3.8, 4) is 12.1 Å². The second kappa shape index (κ2) is 5.66. The largest absolute Gasteiger partial charge is 0.198 e. The second-order valence-electron chi connectivity index (χ2n) is 4.11. The molecule has 0 bridgehead atoms. The fourth-order valence-electron chi connectivity index (χ4n) is 1.93. The molecule has 1 atom stereocenters. The Bertz CT molecular complexity index is 603. The number of rotatable bonds is 3. The van der Waals surface area contributed by atoms with Gasteiger partial charge in [0, 0.05) is 0 Å². The summed E-state index contributed by atoms with van der Waals surface area (Å²) in [5.74, 6) is -0.167. The van der Waals surface area contributed by atoms with Gasteiger partial charge in [0.1, 0.15) is 0 Å². The summed E-state index contributed by atoms with van der Waals surface area (Å²) in [6.07, 6.45) is 0.635. The Morgan fingerprint density at radius 1 is 0.944 bits per heavy atom. The zero-order valence-corrected chi connectivity index (χ0v) is 9.88. The van der Waals surface area contributed by atoms with Gasteiger partial charge in [-0.3, -0.25) is 0 Å². The molecule has 86 valence electrons. The van der Waals surface area contributed by atoms with E-state index >= 15 is 0 Å². The summed E-state index contributed by atoms with van der Waals surface area (Å²) in [4.78, 5) is 0. The van der Waals surface area contributed by atoms with Gasteiger partial charge in [-0.1, -0.05) is 42.5 Å². The molecule has 0 spiro atoms. The number of benzene rings is 2. The van der Waals surface area contributed by atoms with E-state index in [1.807, 2.05) is 48.5 Å². The average molecular weight is 232 g/mol. The SMILES string of the molecule is N#Cc1cccc(CC(C#N)c2ccccc2)c1. The van der Waals surface area contributed by atoms with Gasteiger partial charge in [0.2, 0.25) is 0 Å². The highest BCUT2D eigenvalue weighted by molar-refractivity contribution is 5.35. The van der Waals surface area contributed by atoms with Crippen molar-refractivity contribution in [3.63, 3.8) is 0 Å². The van der Waals surface area contributed by atoms with Crippen LogP contribution in [0.2, 0.25) is 0 Å². The highest BCUT2D eigenvalue weighted by Crippen LogP contribution is 2.20. The van der Waals surface area contributed by atoms with Crippen molar-refractivity contribution in [2.75, 3.05) is 0 Å². The van der Waals surface area contributed by atoms with Crippen molar-refractivity contribution in [1.82, 2.24) is 0 Å². The lowest BCUT2D eigenvalue weighted by atomic mass is 9.93. The molecule has 2 aromatic carbocycles. The Hall–Kier alpha value is -2.58. The minimum absolute atomic E-state index is 0.167. The van der Waals surface area contributed by atoms with Gasteiger partial charge < -0.3 is 0 Å². The monoisotopic (exact) mass is 232 g/mol. The molecule has 0 heterocycles. The summed E-state index contributed by atoms with van der Waals surface area (Å²) in [5, 5.41) is 18.1. The minimum atomic E-state index is -0.167. The topological polar surface area (TPSA) is 47.6 Å². The van der Waals surface area contributed by atoms with E-state index in [9.17, 15) is 5.26 Å². The van der Waals surface area contributed by atoms with Crippen LogP contribution in [0.15, 0.2) is 54.6 Å². The quantitative estimate of drug-likeness (QED) is 0.814. The van der Waals surface area contributed by atoms with Crippen molar-refractivity contribution in [1.29, 1.82) is 10.5 Å². The highest BCUT2D eigenvalue weighted by atomic mass is 14.3. The maximum absolute atomic E-state index is 9.25. The van der Waals surface area contributed by atoms with Crippen LogP contribution in [0.4, 0.5) is 0 Å². The number of hydrogen-bond acceptors (Lipinski definition) is 2. The molecule has 0 radical (unpaired) electrons. The first-order valence-electron chi connectivity index (χ1n) is 5.77. The molecular formula is C16H12N2. The van der Waals surface area contributed by atoms with Gasteiger partial charge in [0.15, 0.2) is 0 Å². The zero-order valence-electron chi connectivity index (χ0n) is 9.88. The van der Waals surface area contributed by atoms with Crippen molar-refractivity contribution < 1.29 is 0 Å². The molecule has 2 heteroatoms. The molecule has 0 saturated carbocycles. The summed E-state index contributed by atoms with van der Waals surface area (Å²) in [5.41, 5.74) is 2.67. The Morgan fingerprint density at radius 3 is 2.39 bits per heavy atom. The van der Waals surface area contributed by atoms with E-state index in [0.717, 1.165) is 11.1 Å². The summed E-state index contributed by atoms with van der Waals surface area (Å²) in [6, 6.07) is 21.6. The van der Waals surface area contributed by atoms with Crippen LogP contribution >= 0.6 is 0 Å². The molecular weight excluding hydrogens is 220 g/mol. The number of nitrogens with zero attached hydrogens (tertiary/aromatic N) is 2. The fourth-order valence-corrected chi connectivity index (χ4v) is 1.93. The van der Waals surface area contributed by atoms with Gasteiger partial charge in [-0.25, -0.2) is 0 Å². The lowest BCUT2D eigenvalue weighted by Gasteiger charge is -2.09. The first kappa shape index (κ1) is 11.9. The summed E-state index contributed by atoms with van der Waals surface area (Å²) in [6.45, 7) is 0. The predicted molar refractivity (Wildman–Crippen MR) is 69.7 cm³/mol. The Balaban J connectivity index is 2.22. The van der Waals surface area contributed by atoms with Gasteiger partial charge in [-0.15, -0.1) is 0 Å². The molecule has 18 heavy (non-hydrogen) atoms. The Labute approximate surface area is 107 Å². The lowest BCUT2D eigenvalue weighted by molar-refractivity contribution is 0.849. The standard InChI is InChI=1S/C16H12N2/c17-11-14-6-4-5-13(9-14)10-16(12-18)15-7-2-1-3-8-15/h1-9,16H,10H2. The van der Waals surface area contributed by atoms with Gasteiger partial charge in [0.25, 0.3) is 0 Å². The summed E-state index contributed by atoms with van der Waals surface area (Å²) in [7, 11) is 0. The Kier molecular flexibility index (Phi) is 3.74. The van der Waals surface area contributed by atoms with Crippen LogP contribution in [0.1, 0.15) is 22.6 Å². The van der Waals surface area contributed by atoms with Crippen molar-refractivity contribution in [3.05, 3.63) is 71.3 Å². The van der Waals surface area contributed by atoms with Crippen LogP contribution in [0.25, 0.3) is 0 Å². The van der Waals surface area contributed by atoms with Gasteiger partial charge in [0.05, 0.1) is 23.6 Å². The molecule has 0 amide bonds. The molecule has 0 saturated heterocycles. The van der Waals surface area contributed by atoms with Gasteiger partial charge in [-0.2, -0.15) is 10.5 Å². The van der Waals surface area contributed by atoms with Crippen LogP contribution in [0.5, 0.6) is 0 Å². The van der Waals surface area contributed by atoms with E-state index in [-0.39, 0.29) is 5.92 Å². The molecule has 2 rings (SSSR count). The Morgan fingerprint density at radius 2 is 1.72 bits per heavy atom. The number of nitriles is 2. The second-order valence-corrected chi connectivity index (χ2v) is 4.11. The molecule has 0 aliphatic rings. The highest BCUT2D eigenvalue weighted by Gasteiger charge is 2.11. The third kappa shape index (κ3) is 2.75. The first-order valence-corrected chi connectivity index (χ1v) is 5.77. The van der Waals surface area contributed by atoms with Crippen LogP contribution < -0.4 is 0 Å². The first-order chi connectivity index (χ1) is 8.83. The van der Waals surface area contributed by atoms with E-state index in [1.54, 1.807) is 6.07 Å². The summed E-state index contributed by atoms with van der Waals surface area (Å²) < 4.78 is 0. The predicted octanol–water partition coefficient (Wildman–Crippen LogP) is 3.41. The molecule has 2 aromatic rings. The third-order valence-corrected chi connectivity index (χ3v) is 2.85. The summed E-state index contributed by atoms with van der Waals surface area (Å²) >= 11 is 0. The molecule has 0 fully saturated rings. The molecule has 2 nitrogen and oxygen atoms in total. The zero-order chi connectivity index (χ0) is 12.8. The molecule has 0 aromatic heterocycles. The van der Waals surface area contributed by atoms with Crippen LogP contribution in [0.3, 0.4) is 0 Å². The van der Waals surface area contributed by atoms with Crippen LogP contribution in [-0.4, -0.2) is 0 Å². The van der Waals surface area contributed by atoms with Gasteiger partial charge >= 0.3 is 0 Å². The average Bonchev–Trinajstić information content (AvgIpc) is 2.46.